The van der Waals surface area contributed by atoms with Gasteiger partial charge < -0.3 is 14.6 Å². The summed E-state index contributed by atoms with van der Waals surface area (Å²) in [5, 5.41) is 9.20. The molecule has 7 nitrogen and oxygen atoms in total. The lowest BCUT2D eigenvalue weighted by Crippen LogP contribution is -2.53. The van der Waals surface area contributed by atoms with Crippen molar-refractivity contribution in [3.63, 3.8) is 0 Å². The Morgan fingerprint density at radius 1 is 0.917 bits per heavy atom. The smallest absolute Gasteiger partial charge is 0.414 e. The van der Waals surface area contributed by atoms with Gasteiger partial charge in [-0.25, -0.2) is 9.59 Å². The Bertz CT molecular complexity index is 1210. The molecule has 7 heteroatoms. The van der Waals surface area contributed by atoms with E-state index in [4.69, 9.17) is 9.47 Å². The van der Waals surface area contributed by atoms with Crippen molar-refractivity contribution in [3.05, 3.63) is 95.6 Å². The second kappa shape index (κ2) is 10.8. The van der Waals surface area contributed by atoms with Crippen molar-refractivity contribution < 1.29 is 24.2 Å². The molecule has 0 saturated carbocycles. The van der Waals surface area contributed by atoms with Crippen LogP contribution in [0.5, 0.6) is 5.75 Å². The SMILES string of the molecule is O=C(O)c1cccc(COc2cccc(CN(C(=O)O[C@H]3CN4CCC3CC4)c3ccccc3)c2)c1. The summed E-state index contributed by atoms with van der Waals surface area (Å²) in [6.45, 7) is 3.58. The van der Waals surface area contributed by atoms with E-state index in [9.17, 15) is 14.7 Å². The molecule has 3 fully saturated rings. The molecule has 1 amide bonds. The molecule has 3 saturated heterocycles. The minimum absolute atomic E-state index is 0.0672. The van der Waals surface area contributed by atoms with Crippen molar-refractivity contribution in [1.29, 1.82) is 0 Å². The van der Waals surface area contributed by atoms with Gasteiger partial charge in [-0.2, -0.15) is 0 Å². The number of para-hydroxylation sites is 1. The number of nitrogens with zero attached hydrogens (tertiary/aromatic N) is 2. The van der Waals surface area contributed by atoms with E-state index in [1.165, 1.54) is 0 Å². The van der Waals surface area contributed by atoms with Crippen molar-refractivity contribution in [2.45, 2.75) is 32.1 Å². The number of rotatable bonds is 8. The number of anilines is 1. The Morgan fingerprint density at radius 2 is 1.67 bits per heavy atom. The maximum absolute atomic E-state index is 13.4. The van der Waals surface area contributed by atoms with Crippen molar-refractivity contribution in [3.8, 4) is 5.75 Å². The van der Waals surface area contributed by atoms with E-state index in [0.29, 0.717) is 18.2 Å². The Hall–Kier alpha value is -3.84. The third-order valence-corrected chi connectivity index (χ3v) is 6.96. The Labute approximate surface area is 210 Å². The molecule has 6 rings (SSSR count). The number of carboxylic acids is 1. The van der Waals surface area contributed by atoms with E-state index in [-0.39, 0.29) is 24.4 Å². The predicted octanol–water partition coefficient (Wildman–Crippen LogP) is 5.20. The molecule has 1 N–H and O–H groups in total. The average Bonchev–Trinajstić information content (AvgIpc) is 2.92. The molecule has 0 aromatic heterocycles. The van der Waals surface area contributed by atoms with Gasteiger partial charge in [-0.05, 0) is 79.4 Å². The summed E-state index contributed by atoms with van der Waals surface area (Å²) in [5.41, 5.74) is 2.68. The lowest BCUT2D eigenvalue weighted by molar-refractivity contribution is -0.0311. The molecule has 2 bridgehead atoms. The number of benzene rings is 3. The van der Waals surface area contributed by atoms with E-state index in [1.807, 2.05) is 60.7 Å². The molecule has 36 heavy (non-hydrogen) atoms. The largest absolute Gasteiger partial charge is 0.489 e. The van der Waals surface area contributed by atoms with E-state index in [1.54, 1.807) is 23.1 Å². The molecule has 3 aromatic carbocycles. The number of ether oxygens (including phenoxy) is 2. The first-order valence-electron chi connectivity index (χ1n) is 12.3. The maximum atomic E-state index is 13.4. The lowest BCUT2D eigenvalue weighted by atomic mass is 9.86. The van der Waals surface area contributed by atoms with Gasteiger partial charge in [-0.15, -0.1) is 0 Å². The Balaban J connectivity index is 1.28. The number of fused-ring (bicyclic) bond motifs is 3. The number of piperidine rings is 3. The van der Waals surface area contributed by atoms with Gasteiger partial charge in [0, 0.05) is 12.2 Å². The van der Waals surface area contributed by atoms with Crippen LogP contribution in [0.4, 0.5) is 10.5 Å². The molecular weight excluding hydrogens is 456 g/mol. The van der Waals surface area contributed by atoms with Crippen molar-refractivity contribution >= 4 is 17.7 Å². The molecule has 3 heterocycles. The molecule has 3 aliphatic heterocycles. The van der Waals surface area contributed by atoms with Crippen LogP contribution in [-0.4, -0.2) is 47.8 Å². The predicted molar refractivity (Wildman–Crippen MR) is 136 cm³/mol. The molecule has 3 aliphatic rings. The van der Waals surface area contributed by atoms with E-state index in [0.717, 1.165) is 49.3 Å². The number of aromatic carboxylic acids is 1. The van der Waals surface area contributed by atoms with Gasteiger partial charge in [0.15, 0.2) is 0 Å². The first-order valence-corrected chi connectivity index (χ1v) is 12.3. The number of hydrogen-bond acceptors (Lipinski definition) is 5. The fourth-order valence-electron chi connectivity index (χ4n) is 4.98. The first kappa shape index (κ1) is 23.9. The average molecular weight is 487 g/mol. The van der Waals surface area contributed by atoms with Crippen LogP contribution < -0.4 is 9.64 Å². The molecule has 0 spiro atoms. The second-order valence-corrected chi connectivity index (χ2v) is 9.42. The summed E-state index contributed by atoms with van der Waals surface area (Å²) in [6, 6.07) is 23.9. The zero-order valence-electron chi connectivity index (χ0n) is 20.1. The summed E-state index contributed by atoms with van der Waals surface area (Å²) in [4.78, 5) is 28.7. The topological polar surface area (TPSA) is 79.3 Å². The third-order valence-electron chi connectivity index (χ3n) is 6.96. The summed E-state index contributed by atoms with van der Waals surface area (Å²) >= 11 is 0. The van der Waals surface area contributed by atoms with Gasteiger partial charge in [0.05, 0.1) is 12.1 Å². The first-order chi connectivity index (χ1) is 17.5. The summed E-state index contributed by atoms with van der Waals surface area (Å²) in [7, 11) is 0. The van der Waals surface area contributed by atoms with E-state index < -0.39 is 5.97 Å². The highest BCUT2D eigenvalue weighted by Crippen LogP contribution is 2.31. The fourth-order valence-corrected chi connectivity index (χ4v) is 4.98. The molecule has 3 aromatic rings. The molecular formula is C29H30N2O5. The number of carbonyl (C=O) groups excluding carboxylic acids is 1. The molecule has 186 valence electrons. The van der Waals surface area contributed by atoms with Gasteiger partial charge in [0.1, 0.15) is 18.5 Å². The van der Waals surface area contributed by atoms with Crippen LogP contribution in [0.1, 0.15) is 34.3 Å². The van der Waals surface area contributed by atoms with Crippen molar-refractivity contribution in [2.24, 2.45) is 5.92 Å². The Morgan fingerprint density at radius 3 is 2.39 bits per heavy atom. The number of carboxylic acid groups (broad SMARTS) is 1. The minimum atomic E-state index is -0.968. The monoisotopic (exact) mass is 486 g/mol. The number of amides is 1. The van der Waals surface area contributed by atoms with Gasteiger partial charge in [-0.1, -0.05) is 42.5 Å². The molecule has 0 unspecified atom stereocenters. The molecule has 0 aliphatic carbocycles. The summed E-state index contributed by atoms with van der Waals surface area (Å²) in [6.07, 6.45) is 1.76. The van der Waals surface area contributed by atoms with Crippen molar-refractivity contribution in [2.75, 3.05) is 24.5 Å². The van der Waals surface area contributed by atoms with Crippen LogP contribution >= 0.6 is 0 Å². The van der Waals surface area contributed by atoms with Crippen LogP contribution in [0.15, 0.2) is 78.9 Å². The van der Waals surface area contributed by atoms with Crippen LogP contribution in [0, 0.1) is 5.92 Å². The highest BCUT2D eigenvalue weighted by Gasteiger charge is 2.37. The number of hydrogen-bond donors (Lipinski definition) is 1. The zero-order chi connectivity index (χ0) is 24.9. The fraction of sp³-hybridized carbons (Fsp3) is 0.310. The highest BCUT2D eigenvalue weighted by molar-refractivity contribution is 5.88. The van der Waals surface area contributed by atoms with Crippen molar-refractivity contribution in [1.82, 2.24) is 4.90 Å². The van der Waals surface area contributed by atoms with Gasteiger partial charge in [-0.3, -0.25) is 9.80 Å². The van der Waals surface area contributed by atoms with E-state index in [2.05, 4.69) is 4.90 Å². The number of carbonyl (C=O) groups is 2. The lowest BCUT2D eigenvalue weighted by Gasteiger charge is -2.44. The zero-order valence-corrected chi connectivity index (χ0v) is 20.1. The highest BCUT2D eigenvalue weighted by atomic mass is 16.6. The van der Waals surface area contributed by atoms with Gasteiger partial charge in [0.25, 0.3) is 0 Å². The molecule has 0 radical (unpaired) electrons. The molecule has 1 atom stereocenters. The van der Waals surface area contributed by atoms with Gasteiger partial charge in [0.2, 0.25) is 0 Å². The van der Waals surface area contributed by atoms with Crippen LogP contribution in [-0.2, 0) is 17.9 Å². The second-order valence-electron chi connectivity index (χ2n) is 9.42. The maximum Gasteiger partial charge on any atom is 0.414 e. The third kappa shape index (κ3) is 5.69. The van der Waals surface area contributed by atoms with E-state index >= 15 is 0 Å². The normalized spacial score (nSPS) is 20.5. The minimum Gasteiger partial charge on any atom is -0.489 e. The van der Waals surface area contributed by atoms with Gasteiger partial charge >= 0.3 is 12.1 Å². The Kier molecular flexibility index (Phi) is 7.18. The summed E-state index contributed by atoms with van der Waals surface area (Å²) in [5.74, 6) is 0.116. The summed E-state index contributed by atoms with van der Waals surface area (Å²) < 4.78 is 12.0. The van der Waals surface area contributed by atoms with Crippen LogP contribution in [0.2, 0.25) is 0 Å². The standard InChI is InChI=1S/C29H30N2O5/c32-28(33)24-8-4-7-22(16-24)20-35-26-11-5-6-21(17-26)18-31(25-9-2-1-3-10-25)29(34)36-27-19-30-14-12-23(27)13-15-30/h1-11,16-17,23,27H,12-15,18-20H2,(H,32,33)/t27-/m0/s1. The van der Waals surface area contributed by atoms with Crippen LogP contribution in [0.25, 0.3) is 0 Å². The van der Waals surface area contributed by atoms with Crippen LogP contribution in [0.3, 0.4) is 0 Å². The quantitative estimate of drug-likeness (QED) is 0.471.